The first-order valence-corrected chi connectivity index (χ1v) is 4.39. The third-order valence-corrected chi connectivity index (χ3v) is 1.96. The van der Waals surface area contributed by atoms with Crippen molar-refractivity contribution in [2.75, 3.05) is 5.32 Å². The third kappa shape index (κ3) is 2.44. The molecule has 4 heteroatoms. The summed E-state index contributed by atoms with van der Waals surface area (Å²) in [6, 6.07) is 9.50. The number of para-hydroxylation sites is 1. The lowest BCUT2D eigenvalue weighted by molar-refractivity contribution is -0.114. The average molecular weight is 223 g/mol. The summed E-state index contributed by atoms with van der Waals surface area (Å²) in [5.74, 6) is -0.0682. The fraction of sp³-hybridized carbons (Fsp3) is 0.0909. The molecule has 0 bridgehead atoms. The van der Waals surface area contributed by atoms with Gasteiger partial charge in [0.15, 0.2) is 0 Å². The molecule has 1 N–H and O–H groups in total. The molecule has 78 valence electrons. The van der Waals surface area contributed by atoms with E-state index in [1.165, 1.54) is 6.92 Å². The third-order valence-electron chi connectivity index (χ3n) is 1.96. The highest BCUT2D eigenvalue weighted by Crippen LogP contribution is 2.20. The Morgan fingerprint density at radius 2 is 2.00 bits per heavy atom. The Kier molecular flexibility index (Phi) is 3.63. The molecule has 0 radical (unpaired) electrons. The van der Waals surface area contributed by atoms with E-state index >= 15 is 0 Å². The van der Waals surface area contributed by atoms with Gasteiger partial charge in [0.2, 0.25) is 5.91 Å². The second kappa shape index (κ2) is 4.75. The number of fused-ring (bicyclic) bond motifs is 1. The smallest absolute Gasteiger partial charge is 0.221 e. The zero-order valence-corrected chi connectivity index (χ0v) is 9.04. The van der Waals surface area contributed by atoms with Crippen LogP contribution in [0.3, 0.4) is 0 Å². The highest BCUT2D eigenvalue weighted by Gasteiger charge is 2.01. The predicted octanol–water partition coefficient (Wildman–Crippen LogP) is 2.62. The molecule has 0 saturated carbocycles. The molecule has 0 aliphatic carbocycles. The van der Waals surface area contributed by atoms with Crippen molar-refractivity contribution < 1.29 is 4.79 Å². The molecule has 0 atom stereocenters. The van der Waals surface area contributed by atoms with Crippen LogP contribution in [0.4, 0.5) is 5.69 Å². The molecular formula is C11H11ClN2O. The molecule has 1 aromatic carbocycles. The number of hydrogen-bond donors (Lipinski definition) is 1. The summed E-state index contributed by atoms with van der Waals surface area (Å²) >= 11 is 0. The van der Waals surface area contributed by atoms with Crippen LogP contribution >= 0.6 is 12.4 Å². The summed E-state index contributed by atoms with van der Waals surface area (Å²) < 4.78 is 0. The first-order chi connectivity index (χ1) is 6.77. The molecule has 0 aliphatic heterocycles. The lowest BCUT2D eigenvalue weighted by atomic mass is 10.2. The SMILES string of the molecule is CC(=O)Nc1ccnc2ccccc12.Cl. The van der Waals surface area contributed by atoms with E-state index in [9.17, 15) is 4.79 Å². The van der Waals surface area contributed by atoms with E-state index in [0.717, 1.165) is 16.6 Å². The van der Waals surface area contributed by atoms with E-state index in [-0.39, 0.29) is 18.3 Å². The van der Waals surface area contributed by atoms with Crippen LogP contribution in [0.1, 0.15) is 6.92 Å². The van der Waals surface area contributed by atoms with E-state index in [0.29, 0.717) is 0 Å². The quantitative estimate of drug-likeness (QED) is 0.806. The predicted molar refractivity (Wildman–Crippen MR) is 63.3 cm³/mol. The van der Waals surface area contributed by atoms with Crippen LogP contribution < -0.4 is 5.32 Å². The molecule has 0 spiro atoms. The van der Waals surface area contributed by atoms with Crippen LogP contribution in [0.5, 0.6) is 0 Å². The molecule has 15 heavy (non-hydrogen) atoms. The molecule has 0 aliphatic rings. The van der Waals surface area contributed by atoms with Crippen molar-refractivity contribution in [2.24, 2.45) is 0 Å². The van der Waals surface area contributed by atoms with Crippen LogP contribution in [0.25, 0.3) is 10.9 Å². The Hall–Kier alpha value is -1.61. The minimum atomic E-state index is -0.0682. The topological polar surface area (TPSA) is 42.0 Å². The van der Waals surface area contributed by atoms with Crippen LogP contribution in [-0.2, 0) is 4.79 Å². The first-order valence-electron chi connectivity index (χ1n) is 4.39. The van der Waals surface area contributed by atoms with Gasteiger partial charge < -0.3 is 5.32 Å². The molecule has 1 heterocycles. The number of anilines is 1. The van der Waals surface area contributed by atoms with Gasteiger partial charge in [-0.3, -0.25) is 9.78 Å². The van der Waals surface area contributed by atoms with Crippen LogP contribution in [0, 0.1) is 0 Å². The standard InChI is InChI=1S/C11H10N2O.ClH/c1-8(14)13-11-6-7-12-10-5-3-2-4-9(10)11;/h2-7H,1H3,(H,12,13,14);1H. The van der Waals surface area contributed by atoms with Gasteiger partial charge in [-0.05, 0) is 12.1 Å². The Labute approximate surface area is 93.9 Å². The lowest BCUT2D eigenvalue weighted by Crippen LogP contribution is -2.06. The monoisotopic (exact) mass is 222 g/mol. The number of nitrogens with one attached hydrogen (secondary N) is 1. The van der Waals surface area contributed by atoms with Gasteiger partial charge in [0, 0.05) is 18.5 Å². The number of halogens is 1. The van der Waals surface area contributed by atoms with Gasteiger partial charge in [0.05, 0.1) is 11.2 Å². The van der Waals surface area contributed by atoms with Crippen LogP contribution in [0.15, 0.2) is 36.5 Å². The van der Waals surface area contributed by atoms with Crippen molar-refractivity contribution in [3.63, 3.8) is 0 Å². The summed E-state index contributed by atoms with van der Waals surface area (Å²) in [6.07, 6.45) is 1.69. The number of rotatable bonds is 1. The number of benzene rings is 1. The van der Waals surface area contributed by atoms with E-state index in [4.69, 9.17) is 0 Å². The number of nitrogens with zero attached hydrogens (tertiary/aromatic N) is 1. The van der Waals surface area contributed by atoms with Crippen molar-refractivity contribution in [3.05, 3.63) is 36.5 Å². The number of hydrogen-bond acceptors (Lipinski definition) is 2. The maximum Gasteiger partial charge on any atom is 0.221 e. The van der Waals surface area contributed by atoms with Crippen LogP contribution in [0.2, 0.25) is 0 Å². The second-order valence-corrected chi connectivity index (χ2v) is 3.06. The molecule has 1 aromatic heterocycles. The average Bonchev–Trinajstić information content (AvgIpc) is 2.18. The van der Waals surface area contributed by atoms with Crippen molar-refractivity contribution >= 4 is 34.9 Å². The van der Waals surface area contributed by atoms with Gasteiger partial charge in [-0.25, -0.2) is 0 Å². The minimum Gasteiger partial charge on any atom is -0.326 e. The van der Waals surface area contributed by atoms with Crippen molar-refractivity contribution in [1.82, 2.24) is 4.98 Å². The highest BCUT2D eigenvalue weighted by molar-refractivity contribution is 5.99. The second-order valence-electron chi connectivity index (χ2n) is 3.06. The summed E-state index contributed by atoms with van der Waals surface area (Å²) in [7, 11) is 0. The minimum absolute atomic E-state index is 0. The summed E-state index contributed by atoms with van der Waals surface area (Å²) in [6.45, 7) is 1.50. The molecule has 2 aromatic rings. The van der Waals surface area contributed by atoms with E-state index < -0.39 is 0 Å². The Bertz CT molecular complexity index is 479. The Morgan fingerprint density at radius 3 is 2.73 bits per heavy atom. The summed E-state index contributed by atoms with van der Waals surface area (Å²) in [5, 5.41) is 3.73. The number of amides is 1. The van der Waals surface area contributed by atoms with E-state index in [1.54, 1.807) is 12.3 Å². The maximum absolute atomic E-state index is 10.9. The molecule has 3 nitrogen and oxygen atoms in total. The number of carbonyl (C=O) groups excluding carboxylic acids is 1. The number of pyridine rings is 1. The number of aromatic nitrogens is 1. The molecule has 0 saturated heterocycles. The van der Waals surface area contributed by atoms with E-state index in [2.05, 4.69) is 10.3 Å². The van der Waals surface area contributed by atoms with Gasteiger partial charge >= 0.3 is 0 Å². The lowest BCUT2D eigenvalue weighted by Gasteiger charge is -2.05. The molecule has 2 rings (SSSR count). The van der Waals surface area contributed by atoms with Gasteiger partial charge in [-0.1, -0.05) is 18.2 Å². The molecule has 0 unspecified atom stereocenters. The molecule has 0 fully saturated rings. The summed E-state index contributed by atoms with van der Waals surface area (Å²) in [4.78, 5) is 15.1. The van der Waals surface area contributed by atoms with Crippen molar-refractivity contribution in [1.29, 1.82) is 0 Å². The normalized spacial score (nSPS) is 9.40. The zero-order chi connectivity index (χ0) is 9.97. The van der Waals surface area contributed by atoms with Crippen molar-refractivity contribution in [3.8, 4) is 0 Å². The summed E-state index contributed by atoms with van der Waals surface area (Å²) in [5.41, 5.74) is 1.70. The van der Waals surface area contributed by atoms with Gasteiger partial charge in [-0.15, -0.1) is 12.4 Å². The fourth-order valence-electron chi connectivity index (χ4n) is 1.39. The van der Waals surface area contributed by atoms with Gasteiger partial charge in [-0.2, -0.15) is 0 Å². The fourth-order valence-corrected chi connectivity index (χ4v) is 1.39. The Morgan fingerprint density at radius 1 is 1.27 bits per heavy atom. The highest BCUT2D eigenvalue weighted by atomic mass is 35.5. The maximum atomic E-state index is 10.9. The Balaban J connectivity index is 0.00000112. The molecular weight excluding hydrogens is 212 g/mol. The zero-order valence-electron chi connectivity index (χ0n) is 8.23. The number of carbonyl (C=O) groups is 1. The molecule has 1 amide bonds. The van der Waals surface area contributed by atoms with Crippen molar-refractivity contribution in [2.45, 2.75) is 6.92 Å². The van der Waals surface area contributed by atoms with E-state index in [1.807, 2.05) is 24.3 Å². The van der Waals surface area contributed by atoms with Gasteiger partial charge in [0.1, 0.15) is 0 Å². The van der Waals surface area contributed by atoms with Crippen LogP contribution in [-0.4, -0.2) is 10.9 Å². The first kappa shape index (κ1) is 11.5. The largest absolute Gasteiger partial charge is 0.326 e. The van der Waals surface area contributed by atoms with Gasteiger partial charge in [0.25, 0.3) is 0 Å².